The van der Waals surface area contributed by atoms with Crippen molar-refractivity contribution in [1.82, 2.24) is 0 Å². The third-order valence-corrected chi connectivity index (χ3v) is 4.40. The van der Waals surface area contributed by atoms with Crippen LogP contribution in [0.4, 0.5) is 18.9 Å². The highest BCUT2D eigenvalue weighted by atomic mass is 19.2. The van der Waals surface area contributed by atoms with Gasteiger partial charge in [-0.1, -0.05) is 25.1 Å². The molecular weight excluding hydrogens is 347 g/mol. The van der Waals surface area contributed by atoms with E-state index in [-0.39, 0.29) is 23.7 Å². The third-order valence-electron chi connectivity index (χ3n) is 4.40. The van der Waals surface area contributed by atoms with Crippen molar-refractivity contribution in [2.75, 3.05) is 12.0 Å². The summed E-state index contributed by atoms with van der Waals surface area (Å²) >= 11 is 0. The molecule has 0 spiro atoms. The minimum atomic E-state index is -1.23. The Morgan fingerprint density at radius 2 is 1.96 bits per heavy atom. The van der Waals surface area contributed by atoms with Crippen molar-refractivity contribution in [3.8, 4) is 0 Å². The number of carboxylic acid groups (broad SMARTS) is 1. The maximum Gasteiger partial charge on any atom is 0.337 e. The number of rotatable bonds is 4. The van der Waals surface area contributed by atoms with Gasteiger partial charge in [-0.2, -0.15) is 0 Å². The molecule has 0 bridgehead atoms. The zero-order chi connectivity index (χ0) is 19.0. The highest BCUT2D eigenvalue weighted by Crippen LogP contribution is 2.44. The van der Waals surface area contributed by atoms with Gasteiger partial charge in [0.05, 0.1) is 19.3 Å². The van der Waals surface area contributed by atoms with E-state index in [4.69, 9.17) is 4.74 Å². The molecule has 0 saturated carbocycles. The van der Waals surface area contributed by atoms with E-state index in [9.17, 15) is 23.1 Å². The SMILES string of the molecule is COC1=C(C(=O)O)C(C)c2ccc(F)c(F)c2N1Cc1cccc(F)c1. The number of fused-ring (bicyclic) bond motifs is 1. The van der Waals surface area contributed by atoms with Crippen LogP contribution in [-0.4, -0.2) is 18.2 Å². The molecule has 4 nitrogen and oxygen atoms in total. The van der Waals surface area contributed by atoms with Crippen molar-refractivity contribution >= 4 is 11.7 Å². The van der Waals surface area contributed by atoms with E-state index >= 15 is 0 Å². The Kier molecular flexibility index (Phi) is 4.63. The minimum absolute atomic E-state index is 0.0811. The molecule has 3 rings (SSSR count). The Balaban J connectivity index is 2.23. The average molecular weight is 363 g/mol. The molecule has 1 atom stereocenters. The highest BCUT2D eigenvalue weighted by Gasteiger charge is 2.37. The van der Waals surface area contributed by atoms with Crippen LogP contribution in [0, 0.1) is 17.5 Å². The lowest BCUT2D eigenvalue weighted by molar-refractivity contribution is -0.133. The highest BCUT2D eigenvalue weighted by molar-refractivity contribution is 5.92. The van der Waals surface area contributed by atoms with Gasteiger partial charge in [-0.25, -0.2) is 18.0 Å². The summed E-state index contributed by atoms with van der Waals surface area (Å²) in [4.78, 5) is 13.0. The average Bonchev–Trinajstić information content (AvgIpc) is 2.59. The fraction of sp³-hybridized carbons (Fsp3) is 0.211. The topological polar surface area (TPSA) is 49.8 Å². The van der Waals surface area contributed by atoms with Crippen molar-refractivity contribution in [3.05, 3.63) is 76.4 Å². The Labute approximate surface area is 148 Å². The van der Waals surface area contributed by atoms with Crippen LogP contribution < -0.4 is 4.90 Å². The standard InChI is InChI=1S/C19H16F3NO3/c1-10-13-6-7-14(21)16(22)17(13)23(18(26-2)15(10)19(24)25)9-11-4-3-5-12(20)8-11/h3-8,10H,9H2,1-2H3,(H,24,25). The molecule has 7 heteroatoms. The van der Waals surface area contributed by atoms with Crippen molar-refractivity contribution < 1.29 is 27.8 Å². The molecule has 26 heavy (non-hydrogen) atoms. The number of benzene rings is 2. The molecule has 0 saturated heterocycles. The van der Waals surface area contributed by atoms with Gasteiger partial charge in [0.15, 0.2) is 11.6 Å². The minimum Gasteiger partial charge on any atom is -0.482 e. The van der Waals surface area contributed by atoms with Gasteiger partial charge in [0.2, 0.25) is 5.88 Å². The van der Waals surface area contributed by atoms with Gasteiger partial charge in [-0.05, 0) is 29.3 Å². The van der Waals surface area contributed by atoms with Gasteiger partial charge in [0.1, 0.15) is 11.4 Å². The second kappa shape index (κ2) is 6.74. The van der Waals surface area contributed by atoms with E-state index in [1.54, 1.807) is 13.0 Å². The predicted molar refractivity (Wildman–Crippen MR) is 89.0 cm³/mol. The van der Waals surface area contributed by atoms with Gasteiger partial charge >= 0.3 is 5.97 Å². The number of nitrogens with zero attached hydrogens (tertiary/aromatic N) is 1. The molecule has 1 aliphatic heterocycles. The van der Waals surface area contributed by atoms with Crippen LogP contribution in [-0.2, 0) is 16.1 Å². The van der Waals surface area contributed by atoms with Crippen LogP contribution >= 0.6 is 0 Å². The summed E-state index contributed by atoms with van der Waals surface area (Å²) in [5.41, 5.74) is 0.581. The maximum atomic E-state index is 14.6. The van der Waals surface area contributed by atoms with Crippen molar-refractivity contribution in [1.29, 1.82) is 0 Å². The number of carbonyl (C=O) groups is 1. The Bertz CT molecular complexity index is 911. The zero-order valence-electron chi connectivity index (χ0n) is 14.1. The van der Waals surface area contributed by atoms with Crippen molar-refractivity contribution in [3.63, 3.8) is 0 Å². The Morgan fingerprint density at radius 1 is 1.23 bits per heavy atom. The smallest absolute Gasteiger partial charge is 0.337 e. The number of anilines is 1. The molecule has 1 aliphatic rings. The predicted octanol–water partition coefficient (Wildman–Crippen LogP) is 4.17. The number of hydrogen-bond donors (Lipinski definition) is 1. The molecule has 0 radical (unpaired) electrons. The number of aliphatic carboxylic acids is 1. The lowest BCUT2D eigenvalue weighted by Gasteiger charge is -2.36. The fourth-order valence-electron chi connectivity index (χ4n) is 3.23. The largest absolute Gasteiger partial charge is 0.482 e. The molecule has 136 valence electrons. The number of halogens is 3. The first-order chi connectivity index (χ1) is 12.3. The van der Waals surface area contributed by atoms with Crippen LogP contribution in [0.1, 0.15) is 24.0 Å². The van der Waals surface area contributed by atoms with E-state index in [0.29, 0.717) is 11.1 Å². The molecule has 0 fully saturated rings. The zero-order valence-corrected chi connectivity index (χ0v) is 14.1. The van der Waals surface area contributed by atoms with E-state index < -0.39 is 29.3 Å². The molecule has 0 aliphatic carbocycles. The van der Waals surface area contributed by atoms with Gasteiger partial charge in [-0.15, -0.1) is 0 Å². The van der Waals surface area contributed by atoms with Crippen molar-refractivity contribution in [2.24, 2.45) is 0 Å². The summed E-state index contributed by atoms with van der Waals surface area (Å²) in [5.74, 6) is -4.70. The van der Waals surface area contributed by atoms with Gasteiger partial charge in [0, 0.05) is 5.92 Å². The van der Waals surface area contributed by atoms with Gasteiger partial charge in [0.25, 0.3) is 0 Å². The van der Waals surface area contributed by atoms with Crippen LogP contribution in [0.3, 0.4) is 0 Å². The Morgan fingerprint density at radius 3 is 2.58 bits per heavy atom. The number of methoxy groups -OCH3 is 1. The normalized spacial score (nSPS) is 16.5. The third kappa shape index (κ3) is 2.89. The van der Waals surface area contributed by atoms with Crippen LogP contribution in [0.15, 0.2) is 47.9 Å². The molecule has 2 aromatic rings. The molecule has 1 heterocycles. The molecule has 0 aromatic heterocycles. The summed E-state index contributed by atoms with van der Waals surface area (Å²) in [6, 6.07) is 7.89. The summed E-state index contributed by atoms with van der Waals surface area (Å²) in [6.07, 6.45) is 0. The van der Waals surface area contributed by atoms with Crippen LogP contribution in [0.2, 0.25) is 0 Å². The van der Waals surface area contributed by atoms with Gasteiger partial charge < -0.3 is 14.7 Å². The van der Waals surface area contributed by atoms with Gasteiger partial charge in [-0.3, -0.25) is 0 Å². The lowest BCUT2D eigenvalue weighted by Crippen LogP contribution is -2.34. The monoisotopic (exact) mass is 363 g/mol. The number of carboxylic acids is 1. The lowest BCUT2D eigenvalue weighted by atomic mass is 9.87. The fourth-order valence-corrected chi connectivity index (χ4v) is 3.23. The number of hydrogen-bond acceptors (Lipinski definition) is 3. The second-order valence-electron chi connectivity index (χ2n) is 5.97. The van der Waals surface area contributed by atoms with E-state index in [2.05, 4.69) is 0 Å². The quantitative estimate of drug-likeness (QED) is 0.886. The second-order valence-corrected chi connectivity index (χ2v) is 5.97. The molecule has 2 aromatic carbocycles. The van der Waals surface area contributed by atoms with E-state index in [0.717, 1.165) is 6.07 Å². The first-order valence-corrected chi connectivity index (χ1v) is 7.86. The molecule has 0 amide bonds. The van der Waals surface area contributed by atoms with Crippen LogP contribution in [0.5, 0.6) is 0 Å². The first-order valence-electron chi connectivity index (χ1n) is 7.86. The summed E-state index contributed by atoms with van der Waals surface area (Å²) in [6.45, 7) is 1.50. The van der Waals surface area contributed by atoms with E-state index in [1.165, 1.54) is 36.3 Å². The Hall–Kier alpha value is -2.96. The summed E-state index contributed by atoms with van der Waals surface area (Å²) < 4.78 is 47.2. The summed E-state index contributed by atoms with van der Waals surface area (Å²) in [5, 5.41) is 9.60. The summed E-state index contributed by atoms with van der Waals surface area (Å²) in [7, 11) is 1.26. The van der Waals surface area contributed by atoms with Crippen molar-refractivity contribution in [2.45, 2.75) is 19.4 Å². The van der Waals surface area contributed by atoms with Crippen LogP contribution in [0.25, 0.3) is 0 Å². The molecule has 1 N–H and O–H groups in total. The van der Waals surface area contributed by atoms with E-state index in [1.807, 2.05) is 0 Å². The molecular formula is C19H16F3NO3. The maximum absolute atomic E-state index is 14.6. The number of ether oxygens (including phenoxy) is 1. The first kappa shape index (κ1) is 17.8. The molecule has 1 unspecified atom stereocenters.